The fourth-order valence-electron chi connectivity index (χ4n) is 2.29. The number of aromatic nitrogens is 1. The van der Waals surface area contributed by atoms with Gasteiger partial charge in [0.05, 0.1) is 15.6 Å². The van der Waals surface area contributed by atoms with Crippen molar-refractivity contribution < 1.29 is 9.18 Å². The third kappa shape index (κ3) is 3.52. The van der Waals surface area contributed by atoms with Crippen LogP contribution in [0.3, 0.4) is 0 Å². The first-order chi connectivity index (χ1) is 10.9. The van der Waals surface area contributed by atoms with Crippen molar-refractivity contribution >= 4 is 40.4 Å². The minimum atomic E-state index is -0.681. The van der Waals surface area contributed by atoms with E-state index in [9.17, 15) is 9.18 Å². The summed E-state index contributed by atoms with van der Waals surface area (Å²) in [7, 11) is 0. The Morgan fingerprint density at radius 3 is 2.70 bits per heavy atom. The summed E-state index contributed by atoms with van der Waals surface area (Å²) < 4.78 is 15.7. The highest BCUT2D eigenvalue weighted by Gasteiger charge is 2.23. The SMILES string of the molecule is Cc1s/c(=N\C(=O)c2cc(F)c(Cl)cc2Cl)n(CC2CC2)c1C. The van der Waals surface area contributed by atoms with Gasteiger partial charge in [-0.15, -0.1) is 11.3 Å². The minimum absolute atomic E-state index is 0.0234. The number of amides is 1. The van der Waals surface area contributed by atoms with E-state index in [1.54, 1.807) is 0 Å². The van der Waals surface area contributed by atoms with E-state index in [0.717, 1.165) is 23.2 Å². The van der Waals surface area contributed by atoms with E-state index >= 15 is 0 Å². The van der Waals surface area contributed by atoms with Crippen LogP contribution in [0.2, 0.25) is 10.0 Å². The highest BCUT2D eigenvalue weighted by atomic mass is 35.5. The van der Waals surface area contributed by atoms with Gasteiger partial charge in [0.2, 0.25) is 0 Å². The summed E-state index contributed by atoms with van der Waals surface area (Å²) in [6.45, 7) is 4.89. The molecule has 1 aliphatic rings. The van der Waals surface area contributed by atoms with Gasteiger partial charge in [0.1, 0.15) is 5.82 Å². The van der Waals surface area contributed by atoms with Gasteiger partial charge in [-0.3, -0.25) is 4.79 Å². The van der Waals surface area contributed by atoms with Gasteiger partial charge in [-0.2, -0.15) is 4.99 Å². The number of thiazole rings is 1. The predicted molar refractivity (Wildman–Crippen MR) is 90.8 cm³/mol. The zero-order chi connectivity index (χ0) is 16.7. The number of rotatable bonds is 3. The first-order valence-corrected chi connectivity index (χ1v) is 8.84. The Kier molecular flexibility index (Phi) is 4.63. The van der Waals surface area contributed by atoms with Crippen LogP contribution < -0.4 is 4.80 Å². The Hall–Kier alpha value is -1.17. The Balaban J connectivity index is 2.03. The molecule has 0 aliphatic heterocycles. The minimum Gasteiger partial charge on any atom is -0.320 e. The van der Waals surface area contributed by atoms with Crippen molar-refractivity contribution in [2.24, 2.45) is 10.9 Å². The van der Waals surface area contributed by atoms with Crippen LogP contribution in [0.15, 0.2) is 17.1 Å². The highest BCUT2D eigenvalue weighted by molar-refractivity contribution is 7.09. The lowest BCUT2D eigenvalue weighted by Gasteiger charge is -2.05. The normalized spacial score (nSPS) is 15.3. The van der Waals surface area contributed by atoms with E-state index in [1.165, 1.54) is 30.2 Å². The van der Waals surface area contributed by atoms with Crippen molar-refractivity contribution in [1.82, 2.24) is 4.57 Å². The van der Waals surface area contributed by atoms with Crippen molar-refractivity contribution in [3.05, 3.63) is 48.9 Å². The number of hydrogen-bond donors (Lipinski definition) is 0. The summed E-state index contributed by atoms with van der Waals surface area (Å²) >= 11 is 13.1. The van der Waals surface area contributed by atoms with Crippen molar-refractivity contribution in [3.63, 3.8) is 0 Å². The van der Waals surface area contributed by atoms with Crippen molar-refractivity contribution in [2.45, 2.75) is 33.2 Å². The van der Waals surface area contributed by atoms with Gasteiger partial charge in [0.25, 0.3) is 5.91 Å². The summed E-state index contributed by atoms with van der Waals surface area (Å²) in [5.74, 6) is -0.580. The Labute approximate surface area is 147 Å². The lowest BCUT2D eigenvalue weighted by atomic mass is 10.2. The van der Waals surface area contributed by atoms with E-state index < -0.39 is 11.7 Å². The quantitative estimate of drug-likeness (QED) is 0.714. The van der Waals surface area contributed by atoms with E-state index in [1.807, 2.05) is 13.8 Å². The van der Waals surface area contributed by atoms with E-state index in [4.69, 9.17) is 23.2 Å². The van der Waals surface area contributed by atoms with E-state index in [2.05, 4.69) is 9.56 Å². The average molecular weight is 373 g/mol. The van der Waals surface area contributed by atoms with Crippen molar-refractivity contribution in [1.29, 1.82) is 0 Å². The third-order valence-electron chi connectivity index (χ3n) is 3.96. The van der Waals surface area contributed by atoms with E-state index in [-0.39, 0.29) is 15.6 Å². The molecule has 0 N–H and O–H groups in total. The number of halogens is 3. The van der Waals surface area contributed by atoms with Crippen LogP contribution in [0.4, 0.5) is 4.39 Å². The van der Waals surface area contributed by atoms with E-state index in [0.29, 0.717) is 10.7 Å². The fraction of sp³-hybridized carbons (Fsp3) is 0.375. The van der Waals surface area contributed by atoms with Crippen LogP contribution in [0.5, 0.6) is 0 Å². The van der Waals surface area contributed by atoms with Gasteiger partial charge in [-0.25, -0.2) is 4.39 Å². The molecular formula is C16H15Cl2FN2OS. The number of nitrogens with zero attached hydrogens (tertiary/aromatic N) is 2. The molecule has 1 aliphatic carbocycles. The topological polar surface area (TPSA) is 34.4 Å². The van der Waals surface area contributed by atoms with Crippen LogP contribution in [-0.2, 0) is 6.54 Å². The molecule has 1 amide bonds. The smallest absolute Gasteiger partial charge is 0.281 e. The number of aryl methyl sites for hydroxylation is 1. The molecule has 2 aromatic rings. The maximum absolute atomic E-state index is 13.6. The molecule has 23 heavy (non-hydrogen) atoms. The second-order valence-corrected chi connectivity index (χ2v) is 7.74. The molecule has 0 unspecified atom stereocenters. The molecule has 0 spiro atoms. The van der Waals surface area contributed by atoms with Crippen LogP contribution in [0, 0.1) is 25.6 Å². The molecule has 0 bridgehead atoms. The second-order valence-electron chi connectivity index (χ2n) is 5.74. The Morgan fingerprint density at radius 2 is 2.04 bits per heavy atom. The molecule has 1 heterocycles. The van der Waals surface area contributed by atoms with Crippen LogP contribution in [-0.4, -0.2) is 10.5 Å². The molecular weight excluding hydrogens is 358 g/mol. The molecule has 0 radical (unpaired) electrons. The third-order valence-corrected chi connectivity index (χ3v) is 5.66. The largest absolute Gasteiger partial charge is 0.320 e. The van der Waals surface area contributed by atoms with Crippen LogP contribution in [0.1, 0.15) is 33.8 Å². The Morgan fingerprint density at radius 1 is 1.35 bits per heavy atom. The molecule has 122 valence electrons. The molecule has 1 aromatic heterocycles. The van der Waals surface area contributed by atoms with Crippen LogP contribution in [0.25, 0.3) is 0 Å². The zero-order valence-corrected chi connectivity index (χ0v) is 15.0. The van der Waals surface area contributed by atoms with Gasteiger partial charge in [-0.1, -0.05) is 23.2 Å². The molecule has 1 saturated carbocycles. The molecule has 0 atom stereocenters. The first kappa shape index (κ1) is 16.7. The first-order valence-electron chi connectivity index (χ1n) is 7.27. The summed E-state index contributed by atoms with van der Waals surface area (Å²) in [5.41, 5.74) is 1.14. The average Bonchev–Trinajstić information content (AvgIpc) is 3.26. The molecule has 3 nitrogen and oxygen atoms in total. The van der Waals surface area contributed by atoms with Gasteiger partial charge in [-0.05, 0) is 44.7 Å². The molecule has 1 aromatic carbocycles. The van der Waals surface area contributed by atoms with Crippen LogP contribution >= 0.6 is 34.5 Å². The van der Waals surface area contributed by atoms with Crippen molar-refractivity contribution in [2.75, 3.05) is 0 Å². The lowest BCUT2D eigenvalue weighted by Crippen LogP contribution is -2.19. The number of carbonyl (C=O) groups is 1. The predicted octanol–water partition coefficient (Wildman–Crippen LogP) is 4.76. The molecule has 1 fully saturated rings. The number of benzene rings is 1. The summed E-state index contributed by atoms with van der Waals surface area (Å²) in [5, 5.41) is -0.0120. The van der Waals surface area contributed by atoms with Gasteiger partial charge < -0.3 is 4.57 Å². The summed E-state index contributed by atoms with van der Waals surface area (Å²) in [4.78, 5) is 18.3. The number of carbonyl (C=O) groups excluding carboxylic acids is 1. The van der Waals surface area contributed by atoms with Gasteiger partial charge >= 0.3 is 0 Å². The fourth-order valence-corrected chi connectivity index (χ4v) is 3.74. The molecule has 0 saturated heterocycles. The number of hydrogen-bond acceptors (Lipinski definition) is 2. The second kappa shape index (κ2) is 6.38. The Bertz CT molecular complexity index is 852. The lowest BCUT2D eigenvalue weighted by molar-refractivity contribution is 0.0997. The van der Waals surface area contributed by atoms with Gasteiger partial charge in [0, 0.05) is 17.1 Å². The maximum atomic E-state index is 13.6. The monoisotopic (exact) mass is 372 g/mol. The van der Waals surface area contributed by atoms with Gasteiger partial charge in [0.15, 0.2) is 4.80 Å². The summed E-state index contributed by atoms with van der Waals surface area (Å²) in [6, 6.07) is 2.26. The van der Waals surface area contributed by atoms with Crippen molar-refractivity contribution in [3.8, 4) is 0 Å². The molecule has 7 heteroatoms. The maximum Gasteiger partial charge on any atom is 0.281 e. The zero-order valence-electron chi connectivity index (χ0n) is 12.7. The molecule has 3 rings (SSSR count). The summed E-state index contributed by atoms with van der Waals surface area (Å²) in [6.07, 6.45) is 2.42. The standard InChI is InChI=1S/C16H15Cl2FN2OS/c1-8-9(2)23-16(21(8)7-10-3-4-10)20-15(22)11-5-14(19)13(18)6-12(11)17/h5-6,10H,3-4,7H2,1-2H3/b20-16-. The highest BCUT2D eigenvalue weighted by Crippen LogP contribution is 2.31.